The van der Waals surface area contributed by atoms with E-state index >= 15 is 0 Å². The zero-order chi connectivity index (χ0) is 10.8. The van der Waals surface area contributed by atoms with Crippen molar-refractivity contribution < 1.29 is 4.74 Å². The molecule has 0 aliphatic carbocycles. The summed E-state index contributed by atoms with van der Waals surface area (Å²) in [6.45, 7) is 1.84. The van der Waals surface area contributed by atoms with Crippen LogP contribution in [-0.2, 0) is 0 Å². The van der Waals surface area contributed by atoms with Crippen molar-refractivity contribution in [1.82, 2.24) is 0 Å². The van der Waals surface area contributed by atoms with Crippen molar-refractivity contribution >= 4 is 17.3 Å². The summed E-state index contributed by atoms with van der Waals surface area (Å²) in [5.41, 5.74) is 6.92. The van der Waals surface area contributed by atoms with E-state index in [0.29, 0.717) is 0 Å². The second-order valence-electron chi connectivity index (χ2n) is 3.81. The molecule has 4 heteroatoms. The molecule has 1 aromatic rings. The van der Waals surface area contributed by atoms with Crippen molar-refractivity contribution in [2.45, 2.75) is 12.5 Å². The van der Waals surface area contributed by atoms with Gasteiger partial charge in [-0.1, -0.05) is 11.6 Å². The van der Waals surface area contributed by atoms with Crippen LogP contribution >= 0.6 is 11.6 Å². The molecule has 0 spiro atoms. The second kappa shape index (κ2) is 4.29. The second-order valence-corrected chi connectivity index (χ2v) is 4.25. The molecule has 1 atom stereocenters. The van der Waals surface area contributed by atoms with Crippen LogP contribution in [0.2, 0.25) is 5.02 Å². The molecule has 0 amide bonds. The first-order valence-electron chi connectivity index (χ1n) is 5.05. The Morgan fingerprint density at radius 1 is 1.53 bits per heavy atom. The van der Waals surface area contributed by atoms with Gasteiger partial charge < -0.3 is 15.4 Å². The fourth-order valence-corrected chi connectivity index (χ4v) is 2.08. The molecule has 0 saturated carbocycles. The van der Waals surface area contributed by atoms with Crippen LogP contribution in [0.4, 0.5) is 5.69 Å². The van der Waals surface area contributed by atoms with E-state index in [0.717, 1.165) is 36.0 Å². The highest BCUT2D eigenvalue weighted by Gasteiger charge is 2.21. The Morgan fingerprint density at radius 2 is 2.33 bits per heavy atom. The number of halogens is 1. The minimum atomic E-state index is 0.258. The van der Waals surface area contributed by atoms with Crippen LogP contribution in [-0.4, -0.2) is 26.2 Å². The van der Waals surface area contributed by atoms with Gasteiger partial charge in [-0.3, -0.25) is 0 Å². The Balaban J connectivity index is 2.29. The number of hydrogen-bond donors (Lipinski definition) is 1. The van der Waals surface area contributed by atoms with Gasteiger partial charge in [0.1, 0.15) is 5.75 Å². The van der Waals surface area contributed by atoms with Gasteiger partial charge in [-0.15, -0.1) is 0 Å². The molecule has 1 heterocycles. The van der Waals surface area contributed by atoms with Gasteiger partial charge in [-0.2, -0.15) is 0 Å². The van der Waals surface area contributed by atoms with Gasteiger partial charge >= 0.3 is 0 Å². The van der Waals surface area contributed by atoms with E-state index in [4.69, 9.17) is 22.1 Å². The molecule has 1 aliphatic heterocycles. The molecule has 2 N–H and O–H groups in total. The minimum Gasteiger partial charge on any atom is -0.495 e. The lowest BCUT2D eigenvalue weighted by molar-refractivity contribution is 0.415. The van der Waals surface area contributed by atoms with E-state index in [2.05, 4.69) is 4.90 Å². The third-order valence-corrected chi connectivity index (χ3v) is 2.94. The summed E-state index contributed by atoms with van der Waals surface area (Å²) in [5, 5.41) is 0.728. The molecular formula is C11H15ClN2O. The fraction of sp³-hybridized carbons (Fsp3) is 0.455. The lowest BCUT2D eigenvalue weighted by Gasteiger charge is -2.21. The zero-order valence-corrected chi connectivity index (χ0v) is 9.50. The third kappa shape index (κ3) is 2.19. The van der Waals surface area contributed by atoms with Gasteiger partial charge in [-0.05, 0) is 24.6 Å². The maximum atomic E-state index is 5.98. The van der Waals surface area contributed by atoms with Crippen LogP contribution in [0.3, 0.4) is 0 Å². The molecule has 0 aromatic heterocycles. The molecule has 15 heavy (non-hydrogen) atoms. The van der Waals surface area contributed by atoms with E-state index in [1.165, 1.54) is 0 Å². The van der Waals surface area contributed by atoms with Crippen LogP contribution < -0.4 is 15.4 Å². The van der Waals surface area contributed by atoms with Crippen molar-refractivity contribution in [3.63, 3.8) is 0 Å². The number of anilines is 1. The molecule has 82 valence electrons. The van der Waals surface area contributed by atoms with Crippen LogP contribution in [0.15, 0.2) is 18.2 Å². The number of ether oxygens (including phenoxy) is 1. The SMILES string of the molecule is COc1ccc(Cl)cc1N1CC[C@@H](N)C1. The van der Waals surface area contributed by atoms with Gasteiger partial charge in [-0.25, -0.2) is 0 Å². The molecule has 1 aliphatic rings. The lowest BCUT2D eigenvalue weighted by Crippen LogP contribution is -2.26. The number of nitrogens with zero attached hydrogens (tertiary/aromatic N) is 1. The predicted molar refractivity (Wildman–Crippen MR) is 62.8 cm³/mol. The number of benzene rings is 1. The van der Waals surface area contributed by atoms with Gasteiger partial charge in [0.15, 0.2) is 0 Å². The quantitative estimate of drug-likeness (QED) is 0.837. The molecule has 1 aromatic carbocycles. The maximum Gasteiger partial charge on any atom is 0.142 e. The van der Waals surface area contributed by atoms with Gasteiger partial charge in [0.2, 0.25) is 0 Å². The molecular weight excluding hydrogens is 212 g/mol. The smallest absolute Gasteiger partial charge is 0.142 e. The van der Waals surface area contributed by atoms with Crippen LogP contribution in [0.1, 0.15) is 6.42 Å². The summed E-state index contributed by atoms with van der Waals surface area (Å²) in [7, 11) is 1.67. The van der Waals surface area contributed by atoms with Crippen molar-refractivity contribution in [2.24, 2.45) is 5.73 Å². The maximum absolute atomic E-state index is 5.98. The topological polar surface area (TPSA) is 38.5 Å². The average molecular weight is 227 g/mol. The van der Waals surface area contributed by atoms with Gasteiger partial charge in [0.25, 0.3) is 0 Å². The van der Waals surface area contributed by atoms with Crippen molar-refractivity contribution in [1.29, 1.82) is 0 Å². The summed E-state index contributed by atoms with van der Waals surface area (Å²) in [5.74, 6) is 0.855. The van der Waals surface area contributed by atoms with Gasteiger partial charge in [0.05, 0.1) is 12.8 Å². The standard InChI is InChI=1S/C11H15ClN2O/c1-15-11-3-2-8(12)6-10(11)14-5-4-9(13)7-14/h2-3,6,9H,4-5,7,13H2,1H3/t9-/m1/s1. The zero-order valence-electron chi connectivity index (χ0n) is 8.74. The number of nitrogens with two attached hydrogens (primary N) is 1. The summed E-state index contributed by atoms with van der Waals surface area (Å²) in [6, 6.07) is 5.91. The normalized spacial score (nSPS) is 20.7. The highest BCUT2D eigenvalue weighted by atomic mass is 35.5. The van der Waals surface area contributed by atoms with E-state index in [9.17, 15) is 0 Å². The van der Waals surface area contributed by atoms with Crippen LogP contribution in [0.5, 0.6) is 5.75 Å². The highest BCUT2D eigenvalue weighted by molar-refractivity contribution is 6.30. The largest absolute Gasteiger partial charge is 0.495 e. The van der Waals surface area contributed by atoms with E-state index in [1.807, 2.05) is 18.2 Å². The summed E-state index contributed by atoms with van der Waals surface area (Å²) >= 11 is 5.98. The monoisotopic (exact) mass is 226 g/mol. The molecule has 3 nitrogen and oxygen atoms in total. The Hall–Kier alpha value is -0.930. The van der Waals surface area contributed by atoms with Crippen molar-refractivity contribution in [3.05, 3.63) is 23.2 Å². The first-order valence-corrected chi connectivity index (χ1v) is 5.42. The molecule has 1 saturated heterocycles. The summed E-state index contributed by atoms with van der Waals surface area (Å²) in [4.78, 5) is 2.22. The Morgan fingerprint density at radius 3 is 2.93 bits per heavy atom. The number of rotatable bonds is 2. The molecule has 0 bridgehead atoms. The Kier molecular flexibility index (Phi) is 3.03. The predicted octanol–water partition coefficient (Wildman–Crippen LogP) is 1.89. The highest BCUT2D eigenvalue weighted by Crippen LogP contribution is 2.32. The third-order valence-electron chi connectivity index (χ3n) is 2.71. The fourth-order valence-electron chi connectivity index (χ4n) is 1.92. The average Bonchev–Trinajstić information content (AvgIpc) is 2.65. The van der Waals surface area contributed by atoms with Gasteiger partial charge in [0, 0.05) is 24.2 Å². The summed E-state index contributed by atoms with van der Waals surface area (Å²) < 4.78 is 5.31. The summed E-state index contributed by atoms with van der Waals surface area (Å²) in [6.07, 6.45) is 1.02. The minimum absolute atomic E-state index is 0.258. The van der Waals surface area contributed by atoms with E-state index < -0.39 is 0 Å². The molecule has 1 fully saturated rings. The first-order chi connectivity index (χ1) is 7.20. The van der Waals surface area contributed by atoms with E-state index in [-0.39, 0.29) is 6.04 Å². The van der Waals surface area contributed by atoms with Crippen molar-refractivity contribution in [3.8, 4) is 5.75 Å². The lowest BCUT2D eigenvalue weighted by atomic mass is 10.2. The Bertz CT molecular complexity index is 356. The molecule has 0 unspecified atom stereocenters. The number of hydrogen-bond acceptors (Lipinski definition) is 3. The van der Waals surface area contributed by atoms with Crippen LogP contribution in [0, 0.1) is 0 Å². The Labute approximate surface area is 94.8 Å². The van der Waals surface area contributed by atoms with Crippen LogP contribution in [0.25, 0.3) is 0 Å². The first kappa shape index (κ1) is 10.6. The molecule has 0 radical (unpaired) electrons. The van der Waals surface area contributed by atoms with Crippen molar-refractivity contribution in [2.75, 3.05) is 25.1 Å². The van der Waals surface area contributed by atoms with E-state index in [1.54, 1.807) is 7.11 Å². The number of methoxy groups -OCH3 is 1. The molecule has 2 rings (SSSR count).